The minimum atomic E-state index is 0.296. The van der Waals surface area contributed by atoms with Crippen molar-refractivity contribution in [1.82, 2.24) is 0 Å². The van der Waals surface area contributed by atoms with E-state index in [1.54, 1.807) is 25.7 Å². The van der Waals surface area contributed by atoms with Crippen molar-refractivity contribution in [1.29, 1.82) is 0 Å². The van der Waals surface area contributed by atoms with Crippen molar-refractivity contribution in [3.8, 4) is 0 Å². The van der Waals surface area contributed by atoms with Crippen molar-refractivity contribution in [3.05, 3.63) is 0 Å². The highest BCUT2D eigenvalue weighted by molar-refractivity contribution is 7.60. The van der Waals surface area contributed by atoms with E-state index in [9.17, 15) is 0 Å². The van der Waals surface area contributed by atoms with Gasteiger partial charge in [-0.1, -0.05) is 54.4 Å². The normalized spacial score (nSPS) is 25.6. The molecule has 0 aromatic heterocycles. The summed E-state index contributed by atoms with van der Waals surface area (Å²) in [5.74, 6) is 0. The molecule has 2 saturated carbocycles. The average Bonchev–Trinajstić information content (AvgIpc) is 2.73. The van der Waals surface area contributed by atoms with Gasteiger partial charge in [-0.2, -0.15) is 0 Å². The fourth-order valence-corrected chi connectivity index (χ4v) is 8.39. The molecule has 0 unspecified atom stereocenters. The van der Waals surface area contributed by atoms with Crippen molar-refractivity contribution in [2.75, 3.05) is 0 Å². The predicted molar refractivity (Wildman–Crippen MR) is 71.2 cm³/mol. The molecule has 2 aliphatic rings. The molecule has 2 aliphatic carbocycles. The molecule has 15 heavy (non-hydrogen) atoms. The molecule has 0 bridgehead atoms. The third-order valence-corrected chi connectivity index (χ3v) is 8.37. The van der Waals surface area contributed by atoms with Crippen LogP contribution in [0.15, 0.2) is 0 Å². The smallest absolute Gasteiger partial charge is 0.0174 e. The van der Waals surface area contributed by atoms with Crippen LogP contribution in [-0.2, 0) is 0 Å². The zero-order valence-electron chi connectivity index (χ0n) is 10.8. The Hall–Kier alpha value is 0.430. The largest absolute Gasteiger partial charge is 0.0948 e. The highest BCUT2D eigenvalue weighted by Gasteiger charge is 2.39. The van der Waals surface area contributed by atoms with Gasteiger partial charge in [0.05, 0.1) is 0 Å². The van der Waals surface area contributed by atoms with Crippen LogP contribution in [0.4, 0.5) is 0 Å². The Balaban J connectivity index is 2.07. The molecular formula is C14H27P. The Morgan fingerprint density at radius 3 is 1.33 bits per heavy atom. The molecule has 2 fully saturated rings. The zero-order chi connectivity index (χ0) is 10.9. The summed E-state index contributed by atoms with van der Waals surface area (Å²) >= 11 is 0. The molecule has 0 nitrogen and oxygen atoms in total. The molecule has 0 spiro atoms. The lowest BCUT2D eigenvalue weighted by Gasteiger charge is -2.40. The summed E-state index contributed by atoms with van der Waals surface area (Å²) < 4.78 is 0. The van der Waals surface area contributed by atoms with Gasteiger partial charge in [-0.05, 0) is 42.2 Å². The van der Waals surface area contributed by atoms with Gasteiger partial charge in [-0.3, -0.25) is 0 Å². The summed E-state index contributed by atoms with van der Waals surface area (Å²) in [4.78, 5) is 0. The van der Waals surface area contributed by atoms with E-state index in [0.29, 0.717) is 13.1 Å². The molecule has 0 amide bonds. The van der Waals surface area contributed by atoms with Crippen LogP contribution in [-0.4, -0.2) is 16.5 Å². The van der Waals surface area contributed by atoms with Gasteiger partial charge >= 0.3 is 0 Å². The first kappa shape index (κ1) is 11.9. The summed E-state index contributed by atoms with van der Waals surface area (Å²) in [5, 5.41) is 0.610. The molecule has 0 radical (unpaired) electrons. The Labute approximate surface area is 97.0 Å². The van der Waals surface area contributed by atoms with E-state index >= 15 is 0 Å². The molecule has 1 heteroatoms. The molecule has 0 N–H and O–H groups in total. The highest BCUT2D eigenvalue weighted by atomic mass is 31.1. The Kier molecular flexibility index (Phi) is 3.76. The molecule has 0 aromatic rings. The Morgan fingerprint density at radius 1 is 0.733 bits per heavy atom. The number of hydrogen-bond donors (Lipinski definition) is 0. The summed E-state index contributed by atoms with van der Waals surface area (Å²) in [6.07, 6.45) is 12.3. The Morgan fingerprint density at radius 2 is 1.07 bits per heavy atom. The lowest BCUT2D eigenvalue weighted by atomic mass is 10.2. The monoisotopic (exact) mass is 226 g/mol. The van der Waals surface area contributed by atoms with Gasteiger partial charge in [0.2, 0.25) is 0 Å². The maximum atomic E-state index is 2.51. The molecule has 2 rings (SSSR count). The van der Waals surface area contributed by atoms with E-state index in [1.165, 1.54) is 25.7 Å². The fourth-order valence-electron chi connectivity index (χ4n) is 3.76. The second kappa shape index (κ2) is 4.74. The van der Waals surface area contributed by atoms with Gasteiger partial charge in [0, 0.05) is 0 Å². The SMILES string of the molecule is CC(C)(C)P(C1CCCC1)C1CCCC1. The van der Waals surface area contributed by atoms with Gasteiger partial charge in [0.25, 0.3) is 0 Å². The van der Waals surface area contributed by atoms with E-state index in [2.05, 4.69) is 20.8 Å². The van der Waals surface area contributed by atoms with Crippen molar-refractivity contribution in [3.63, 3.8) is 0 Å². The van der Waals surface area contributed by atoms with Gasteiger partial charge in [-0.15, -0.1) is 0 Å². The fraction of sp³-hybridized carbons (Fsp3) is 1.00. The Bertz CT molecular complexity index is 176. The lowest BCUT2D eigenvalue weighted by Crippen LogP contribution is -2.25. The molecular weight excluding hydrogens is 199 g/mol. The average molecular weight is 226 g/mol. The molecule has 0 atom stereocenters. The minimum absolute atomic E-state index is 0.296. The van der Waals surface area contributed by atoms with E-state index < -0.39 is 0 Å². The van der Waals surface area contributed by atoms with Gasteiger partial charge in [-0.25, -0.2) is 0 Å². The summed E-state index contributed by atoms with van der Waals surface area (Å²) in [6.45, 7) is 7.53. The van der Waals surface area contributed by atoms with Crippen LogP contribution in [0.2, 0.25) is 0 Å². The van der Waals surface area contributed by atoms with E-state index in [-0.39, 0.29) is 0 Å². The summed E-state index contributed by atoms with van der Waals surface area (Å²) in [7, 11) is 0.296. The molecule has 0 saturated heterocycles. The molecule has 0 aromatic carbocycles. The third-order valence-electron chi connectivity index (χ3n) is 4.21. The van der Waals surface area contributed by atoms with Crippen LogP contribution in [0.5, 0.6) is 0 Å². The van der Waals surface area contributed by atoms with E-state index in [4.69, 9.17) is 0 Å². The van der Waals surface area contributed by atoms with Gasteiger partial charge in [0.15, 0.2) is 0 Å². The number of rotatable bonds is 2. The van der Waals surface area contributed by atoms with Crippen molar-refractivity contribution in [2.24, 2.45) is 0 Å². The van der Waals surface area contributed by atoms with Crippen LogP contribution in [0.3, 0.4) is 0 Å². The second-order valence-corrected chi connectivity index (χ2v) is 10.1. The topological polar surface area (TPSA) is 0 Å². The maximum Gasteiger partial charge on any atom is -0.0174 e. The number of hydrogen-bond acceptors (Lipinski definition) is 0. The summed E-state index contributed by atoms with van der Waals surface area (Å²) in [5.41, 5.74) is 2.26. The van der Waals surface area contributed by atoms with Crippen molar-refractivity contribution in [2.45, 2.75) is 88.6 Å². The van der Waals surface area contributed by atoms with Crippen LogP contribution in [0, 0.1) is 0 Å². The first-order valence-electron chi connectivity index (χ1n) is 6.87. The van der Waals surface area contributed by atoms with Crippen molar-refractivity contribution < 1.29 is 0 Å². The van der Waals surface area contributed by atoms with Crippen LogP contribution < -0.4 is 0 Å². The van der Waals surface area contributed by atoms with Crippen LogP contribution >= 0.6 is 7.92 Å². The second-order valence-electron chi connectivity index (χ2n) is 6.45. The summed E-state index contributed by atoms with van der Waals surface area (Å²) in [6, 6.07) is 0. The highest BCUT2D eigenvalue weighted by Crippen LogP contribution is 2.64. The van der Waals surface area contributed by atoms with Crippen LogP contribution in [0.25, 0.3) is 0 Å². The first-order chi connectivity index (χ1) is 7.09. The first-order valence-corrected chi connectivity index (χ1v) is 8.35. The quantitative estimate of drug-likeness (QED) is 0.571. The van der Waals surface area contributed by atoms with Gasteiger partial charge < -0.3 is 0 Å². The standard InChI is InChI=1S/C14H27P/c1-14(2,3)15(12-8-4-5-9-12)13-10-6-7-11-13/h12-13H,4-11H2,1-3H3. The molecule has 88 valence electrons. The molecule has 0 heterocycles. The van der Waals surface area contributed by atoms with Gasteiger partial charge in [0.1, 0.15) is 0 Å². The predicted octanol–water partition coefficient (Wildman–Crippen LogP) is 5.15. The lowest BCUT2D eigenvalue weighted by molar-refractivity contribution is 0.716. The van der Waals surface area contributed by atoms with E-state index in [1.807, 2.05) is 0 Å². The minimum Gasteiger partial charge on any atom is -0.0948 e. The zero-order valence-corrected chi connectivity index (χ0v) is 11.7. The van der Waals surface area contributed by atoms with Crippen molar-refractivity contribution >= 4 is 7.92 Å². The molecule has 0 aliphatic heterocycles. The third kappa shape index (κ3) is 2.76. The van der Waals surface area contributed by atoms with E-state index in [0.717, 1.165) is 11.3 Å². The van der Waals surface area contributed by atoms with Crippen LogP contribution in [0.1, 0.15) is 72.1 Å². The maximum absolute atomic E-state index is 2.51.